The van der Waals surface area contributed by atoms with Crippen LogP contribution in [0.1, 0.15) is 5.56 Å². The van der Waals surface area contributed by atoms with Gasteiger partial charge in [0.1, 0.15) is 0 Å². The van der Waals surface area contributed by atoms with Gasteiger partial charge in [-0.1, -0.05) is 18.2 Å². The number of carbonyl (C=O) groups is 1. The van der Waals surface area contributed by atoms with E-state index >= 15 is 0 Å². The van der Waals surface area contributed by atoms with Crippen molar-refractivity contribution in [3.8, 4) is 0 Å². The Morgan fingerprint density at radius 2 is 1.94 bits per heavy atom. The number of anilines is 1. The van der Waals surface area contributed by atoms with Crippen molar-refractivity contribution in [2.24, 2.45) is 0 Å². The van der Waals surface area contributed by atoms with Crippen LogP contribution in [0.2, 0.25) is 0 Å². The van der Waals surface area contributed by atoms with Gasteiger partial charge in [-0.25, -0.2) is 4.79 Å². The van der Waals surface area contributed by atoms with Crippen molar-refractivity contribution in [3.05, 3.63) is 29.8 Å². The lowest BCUT2D eigenvalue weighted by Gasteiger charge is -2.24. The first-order chi connectivity index (χ1) is 8.10. The van der Waals surface area contributed by atoms with Gasteiger partial charge in [0.2, 0.25) is 0 Å². The Hall–Kier alpha value is -1.59. The van der Waals surface area contributed by atoms with Crippen LogP contribution in [0.15, 0.2) is 24.3 Å². The number of methoxy groups -OCH3 is 2. The van der Waals surface area contributed by atoms with Crippen LogP contribution in [0, 0.1) is 6.92 Å². The average molecular weight is 239 g/mol. The molecule has 1 aromatic carbocycles. The minimum atomic E-state index is -1.03. The maximum Gasteiger partial charge on any atom is 0.411 e. The van der Waals surface area contributed by atoms with Gasteiger partial charge in [-0.3, -0.25) is 4.90 Å². The summed E-state index contributed by atoms with van der Waals surface area (Å²) in [5.74, 6) is 0. The fourth-order valence-electron chi connectivity index (χ4n) is 1.54. The Morgan fingerprint density at radius 3 is 2.41 bits per heavy atom. The molecule has 1 rings (SSSR count). The molecule has 17 heavy (non-hydrogen) atoms. The summed E-state index contributed by atoms with van der Waals surface area (Å²) in [6, 6.07) is 7.28. The second kappa shape index (κ2) is 6.22. The SMILES string of the molecule is COC(CN(C(=O)O)c1ccccc1C)OC. The summed E-state index contributed by atoms with van der Waals surface area (Å²) in [4.78, 5) is 12.4. The van der Waals surface area contributed by atoms with Crippen molar-refractivity contribution in [2.75, 3.05) is 25.7 Å². The van der Waals surface area contributed by atoms with Crippen molar-refractivity contribution in [1.29, 1.82) is 0 Å². The Morgan fingerprint density at radius 1 is 1.35 bits per heavy atom. The van der Waals surface area contributed by atoms with Crippen molar-refractivity contribution < 1.29 is 19.4 Å². The summed E-state index contributed by atoms with van der Waals surface area (Å²) in [6.45, 7) is 1.99. The molecule has 0 aromatic heterocycles. The van der Waals surface area contributed by atoms with Crippen LogP contribution in [-0.4, -0.2) is 38.3 Å². The monoisotopic (exact) mass is 239 g/mol. The fourth-order valence-corrected chi connectivity index (χ4v) is 1.54. The predicted molar refractivity (Wildman–Crippen MR) is 64.4 cm³/mol. The molecule has 1 amide bonds. The number of amides is 1. The molecule has 5 heteroatoms. The van der Waals surface area contributed by atoms with Gasteiger partial charge in [0, 0.05) is 14.2 Å². The van der Waals surface area contributed by atoms with Crippen LogP contribution in [0.4, 0.5) is 10.5 Å². The maximum absolute atomic E-state index is 11.2. The van der Waals surface area contributed by atoms with Crippen LogP contribution >= 0.6 is 0 Å². The predicted octanol–water partition coefficient (Wildman–Crippen LogP) is 2.10. The van der Waals surface area contributed by atoms with E-state index in [9.17, 15) is 9.90 Å². The van der Waals surface area contributed by atoms with E-state index in [-0.39, 0.29) is 6.54 Å². The lowest BCUT2D eigenvalue weighted by Crippen LogP contribution is -2.38. The van der Waals surface area contributed by atoms with Crippen LogP contribution in [0.25, 0.3) is 0 Å². The van der Waals surface area contributed by atoms with E-state index in [0.717, 1.165) is 5.56 Å². The molecule has 0 saturated carbocycles. The molecule has 1 N–H and O–H groups in total. The number of carboxylic acid groups (broad SMARTS) is 1. The molecular formula is C12H17NO4. The molecule has 5 nitrogen and oxygen atoms in total. The average Bonchev–Trinajstić information content (AvgIpc) is 2.32. The van der Waals surface area contributed by atoms with Crippen LogP contribution in [0.5, 0.6) is 0 Å². The van der Waals surface area contributed by atoms with Gasteiger partial charge in [0.05, 0.1) is 12.2 Å². The van der Waals surface area contributed by atoms with E-state index in [4.69, 9.17) is 9.47 Å². The maximum atomic E-state index is 11.2. The van der Waals surface area contributed by atoms with Crippen molar-refractivity contribution in [1.82, 2.24) is 0 Å². The Balaban J connectivity index is 2.94. The summed E-state index contributed by atoms with van der Waals surface area (Å²) in [5, 5.41) is 9.21. The summed E-state index contributed by atoms with van der Waals surface area (Å²) >= 11 is 0. The first-order valence-electron chi connectivity index (χ1n) is 5.21. The smallest absolute Gasteiger partial charge is 0.411 e. The number of hydrogen-bond donors (Lipinski definition) is 1. The topological polar surface area (TPSA) is 59.0 Å². The highest BCUT2D eigenvalue weighted by atomic mass is 16.7. The highest BCUT2D eigenvalue weighted by Crippen LogP contribution is 2.20. The van der Waals surface area contributed by atoms with E-state index < -0.39 is 12.4 Å². The third-order valence-corrected chi connectivity index (χ3v) is 2.49. The number of hydrogen-bond acceptors (Lipinski definition) is 3. The van der Waals surface area contributed by atoms with Gasteiger partial charge < -0.3 is 14.6 Å². The number of rotatable bonds is 5. The first kappa shape index (κ1) is 13.5. The zero-order valence-electron chi connectivity index (χ0n) is 10.2. The van der Waals surface area contributed by atoms with Gasteiger partial charge in [-0.2, -0.15) is 0 Å². The molecule has 1 aromatic rings. The molecule has 0 aliphatic heterocycles. The molecule has 0 spiro atoms. The number of ether oxygens (including phenoxy) is 2. The van der Waals surface area contributed by atoms with Crippen molar-refractivity contribution >= 4 is 11.8 Å². The largest absolute Gasteiger partial charge is 0.465 e. The van der Waals surface area contributed by atoms with E-state index in [0.29, 0.717) is 5.69 Å². The Kier molecular flexibility index (Phi) is 4.93. The quantitative estimate of drug-likeness (QED) is 0.799. The zero-order valence-corrected chi connectivity index (χ0v) is 10.2. The van der Waals surface area contributed by atoms with E-state index in [1.54, 1.807) is 12.1 Å². The normalized spacial score (nSPS) is 10.6. The third-order valence-electron chi connectivity index (χ3n) is 2.49. The zero-order chi connectivity index (χ0) is 12.8. The van der Waals surface area contributed by atoms with Crippen molar-refractivity contribution in [2.45, 2.75) is 13.2 Å². The second-order valence-electron chi connectivity index (χ2n) is 3.58. The standard InChI is InChI=1S/C12H17NO4/c1-9-6-4-5-7-10(9)13(12(14)15)8-11(16-2)17-3/h4-7,11H,8H2,1-3H3,(H,14,15). The molecule has 0 radical (unpaired) electrons. The van der Waals surface area contributed by atoms with Crippen LogP contribution in [-0.2, 0) is 9.47 Å². The molecule has 0 aliphatic carbocycles. The minimum absolute atomic E-state index is 0.132. The second-order valence-corrected chi connectivity index (χ2v) is 3.58. The highest BCUT2D eigenvalue weighted by Gasteiger charge is 2.20. The highest BCUT2D eigenvalue weighted by molar-refractivity contribution is 5.87. The van der Waals surface area contributed by atoms with Crippen LogP contribution in [0.3, 0.4) is 0 Å². The molecule has 0 aliphatic rings. The summed E-state index contributed by atoms with van der Waals surface area (Å²) in [7, 11) is 2.96. The van der Waals surface area contributed by atoms with E-state index in [1.807, 2.05) is 19.1 Å². The molecule has 0 saturated heterocycles. The fraction of sp³-hybridized carbons (Fsp3) is 0.417. The van der Waals surface area contributed by atoms with Gasteiger partial charge in [0.25, 0.3) is 0 Å². The summed E-state index contributed by atoms with van der Waals surface area (Å²) < 4.78 is 10.0. The lowest BCUT2D eigenvalue weighted by molar-refractivity contribution is -0.0943. The van der Waals surface area contributed by atoms with Gasteiger partial charge in [-0.05, 0) is 18.6 Å². The Bertz CT molecular complexity index is 377. The van der Waals surface area contributed by atoms with Gasteiger partial charge in [-0.15, -0.1) is 0 Å². The lowest BCUT2D eigenvalue weighted by atomic mass is 10.2. The van der Waals surface area contributed by atoms with Gasteiger partial charge in [0.15, 0.2) is 6.29 Å². The van der Waals surface area contributed by atoms with E-state index in [2.05, 4.69) is 0 Å². The molecule has 94 valence electrons. The number of para-hydroxylation sites is 1. The summed E-state index contributed by atoms with van der Waals surface area (Å²) in [5.41, 5.74) is 1.53. The number of aryl methyl sites for hydroxylation is 1. The first-order valence-corrected chi connectivity index (χ1v) is 5.21. The number of nitrogens with zero attached hydrogens (tertiary/aromatic N) is 1. The molecular weight excluding hydrogens is 222 g/mol. The molecule has 0 bridgehead atoms. The molecule has 0 heterocycles. The molecule has 0 fully saturated rings. The Labute approximate surface area is 101 Å². The van der Waals surface area contributed by atoms with E-state index in [1.165, 1.54) is 19.1 Å². The third kappa shape index (κ3) is 3.44. The minimum Gasteiger partial charge on any atom is -0.465 e. The van der Waals surface area contributed by atoms with Crippen LogP contribution < -0.4 is 4.90 Å². The van der Waals surface area contributed by atoms with Crippen molar-refractivity contribution in [3.63, 3.8) is 0 Å². The van der Waals surface area contributed by atoms with Gasteiger partial charge >= 0.3 is 6.09 Å². The molecule has 0 unspecified atom stereocenters. The number of benzene rings is 1. The molecule has 0 atom stereocenters. The summed E-state index contributed by atoms with van der Waals surface area (Å²) in [6.07, 6.45) is -1.61.